The van der Waals surface area contributed by atoms with Crippen molar-refractivity contribution >= 4 is 5.78 Å². The molecule has 4 nitrogen and oxygen atoms in total. The number of hydrogen-bond donors (Lipinski definition) is 2. The largest absolute Gasteiger partial charge is 0.393 e. The minimum atomic E-state index is -0.286. The van der Waals surface area contributed by atoms with Gasteiger partial charge in [0.15, 0.2) is 5.78 Å². The molecule has 3 rings (SSSR count). The Balaban J connectivity index is 1.51. The third kappa shape index (κ3) is 4.59. The molecular weight excluding hydrogens is 340 g/mol. The summed E-state index contributed by atoms with van der Waals surface area (Å²) >= 11 is 0. The molecule has 0 radical (unpaired) electrons. The zero-order chi connectivity index (χ0) is 19.4. The highest BCUT2D eigenvalue weighted by Gasteiger charge is 2.56. The van der Waals surface area contributed by atoms with Gasteiger partial charge in [0.05, 0.1) is 6.10 Å². The number of aliphatic hydroxyl groups is 2. The second-order valence-electron chi connectivity index (χ2n) is 9.89. The number of rotatable bonds is 9. The minimum Gasteiger partial charge on any atom is -0.393 e. The first kappa shape index (κ1) is 21.3. The fourth-order valence-corrected chi connectivity index (χ4v) is 7.05. The van der Waals surface area contributed by atoms with E-state index in [2.05, 4.69) is 6.92 Å². The third-order valence-electron chi connectivity index (χ3n) is 8.42. The van der Waals surface area contributed by atoms with E-state index in [1.807, 2.05) is 0 Å². The molecule has 0 aromatic heterocycles. The Morgan fingerprint density at radius 2 is 2.00 bits per heavy atom. The highest BCUT2D eigenvalue weighted by Crippen LogP contribution is 2.62. The van der Waals surface area contributed by atoms with Crippen molar-refractivity contribution in [1.29, 1.82) is 0 Å². The molecule has 0 aliphatic heterocycles. The molecule has 4 heteroatoms. The summed E-state index contributed by atoms with van der Waals surface area (Å²) in [6.07, 6.45) is 12.1. The molecule has 3 aliphatic rings. The predicted octanol–water partition coefficient (Wildman–Crippen LogP) is 3.97. The second-order valence-corrected chi connectivity index (χ2v) is 9.89. The maximum atomic E-state index is 12.2. The van der Waals surface area contributed by atoms with E-state index in [-0.39, 0.29) is 29.8 Å². The van der Waals surface area contributed by atoms with E-state index < -0.39 is 0 Å². The first-order valence-corrected chi connectivity index (χ1v) is 11.3. The van der Waals surface area contributed by atoms with Crippen LogP contribution in [0.25, 0.3) is 0 Å². The molecule has 7 atom stereocenters. The van der Waals surface area contributed by atoms with Crippen molar-refractivity contribution in [2.24, 2.45) is 35.0 Å². The zero-order valence-electron chi connectivity index (χ0n) is 17.4. The lowest BCUT2D eigenvalue weighted by Crippen LogP contribution is -2.45. The number of carbonyl (C=O) groups excluding carboxylic acids is 1. The summed E-state index contributed by atoms with van der Waals surface area (Å²) in [5.74, 6) is 3.03. The summed E-state index contributed by atoms with van der Waals surface area (Å²) < 4.78 is 5.09. The number of ketones is 1. The van der Waals surface area contributed by atoms with Gasteiger partial charge in [-0.2, -0.15) is 0 Å². The molecule has 3 saturated carbocycles. The van der Waals surface area contributed by atoms with Gasteiger partial charge in [0, 0.05) is 19.6 Å². The predicted molar refractivity (Wildman–Crippen MR) is 106 cm³/mol. The number of unbranched alkanes of at least 4 members (excludes halogenated alkanes) is 1. The van der Waals surface area contributed by atoms with E-state index >= 15 is 0 Å². The van der Waals surface area contributed by atoms with Gasteiger partial charge in [0.1, 0.15) is 6.61 Å². The van der Waals surface area contributed by atoms with Gasteiger partial charge in [-0.3, -0.25) is 4.79 Å². The van der Waals surface area contributed by atoms with Crippen molar-refractivity contribution in [2.45, 2.75) is 83.7 Å². The summed E-state index contributed by atoms with van der Waals surface area (Å²) in [5.41, 5.74) is 0.120. The van der Waals surface area contributed by atoms with Crippen molar-refractivity contribution in [3.63, 3.8) is 0 Å². The van der Waals surface area contributed by atoms with E-state index in [9.17, 15) is 15.0 Å². The van der Waals surface area contributed by atoms with Gasteiger partial charge in [-0.05, 0) is 93.3 Å². The molecule has 0 heterocycles. The molecule has 0 spiro atoms. The molecule has 27 heavy (non-hydrogen) atoms. The molecule has 156 valence electrons. The molecule has 0 aromatic carbocycles. The topological polar surface area (TPSA) is 66.8 Å². The molecule has 0 saturated heterocycles. The Hall–Kier alpha value is -0.450. The summed E-state index contributed by atoms with van der Waals surface area (Å²) in [5, 5.41) is 19.8. The normalized spacial score (nSPS) is 39.6. The van der Waals surface area contributed by atoms with Gasteiger partial charge in [0.25, 0.3) is 0 Å². The van der Waals surface area contributed by atoms with E-state index in [1.165, 1.54) is 32.1 Å². The first-order chi connectivity index (χ1) is 13.0. The van der Waals surface area contributed by atoms with Crippen molar-refractivity contribution in [1.82, 2.24) is 0 Å². The fraction of sp³-hybridized carbons (Fsp3) is 0.957. The molecule has 0 aromatic rings. The maximum absolute atomic E-state index is 12.2. The van der Waals surface area contributed by atoms with Crippen LogP contribution in [0.4, 0.5) is 0 Å². The third-order valence-corrected chi connectivity index (χ3v) is 8.42. The first-order valence-electron chi connectivity index (χ1n) is 11.3. The maximum Gasteiger partial charge on any atom is 0.161 e. The standard InChI is InChI=1S/C23H40O4/c1-23-11-10-17-13-16(14-18(25)5-3-4-12-27-2)6-7-19(17)20(23)8-9-21(23)22(26)15-24/h16-21,24-25H,3-15H2,1-2H3/t16-,17-,18-,19-,20+,21-,23+/m1/s1. The van der Waals surface area contributed by atoms with Crippen molar-refractivity contribution in [3.8, 4) is 0 Å². The van der Waals surface area contributed by atoms with Crippen LogP contribution < -0.4 is 0 Å². The average molecular weight is 381 g/mol. The van der Waals surface area contributed by atoms with Crippen LogP contribution in [0.5, 0.6) is 0 Å². The van der Waals surface area contributed by atoms with Crippen LogP contribution in [0.3, 0.4) is 0 Å². The van der Waals surface area contributed by atoms with E-state index in [0.717, 1.165) is 57.0 Å². The Kier molecular flexibility index (Phi) is 7.38. The smallest absolute Gasteiger partial charge is 0.161 e. The number of aliphatic hydroxyl groups excluding tert-OH is 2. The Bertz CT molecular complexity index is 493. The number of fused-ring (bicyclic) bond motifs is 3. The number of methoxy groups -OCH3 is 1. The Labute approximate surface area is 165 Å². The van der Waals surface area contributed by atoms with Crippen molar-refractivity contribution in [2.75, 3.05) is 20.3 Å². The van der Waals surface area contributed by atoms with E-state index in [1.54, 1.807) is 7.11 Å². The number of hydrogen-bond acceptors (Lipinski definition) is 4. The Morgan fingerprint density at radius 1 is 1.19 bits per heavy atom. The van der Waals surface area contributed by atoms with Crippen molar-refractivity contribution < 1.29 is 19.7 Å². The minimum absolute atomic E-state index is 0.0729. The zero-order valence-corrected chi connectivity index (χ0v) is 17.4. The summed E-state index contributed by atoms with van der Waals surface area (Å²) in [7, 11) is 1.73. The van der Waals surface area contributed by atoms with Gasteiger partial charge in [-0.25, -0.2) is 0 Å². The molecule has 0 bridgehead atoms. The van der Waals surface area contributed by atoms with Gasteiger partial charge in [-0.15, -0.1) is 0 Å². The quantitative estimate of drug-likeness (QED) is 0.594. The van der Waals surface area contributed by atoms with Crippen LogP contribution in [0.15, 0.2) is 0 Å². The molecular formula is C23H40O4. The lowest BCUT2D eigenvalue weighted by atomic mass is 9.53. The van der Waals surface area contributed by atoms with Gasteiger partial charge < -0.3 is 14.9 Å². The molecule has 3 aliphatic carbocycles. The lowest BCUT2D eigenvalue weighted by molar-refractivity contribution is -0.131. The molecule has 0 unspecified atom stereocenters. The summed E-state index contributed by atoms with van der Waals surface area (Å²) in [4.78, 5) is 12.2. The van der Waals surface area contributed by atoms with Crippen LogP contribution in [0.1, 0.15) is 77.6 Å². The fourth-order valence-electron chi connectivity index (χ4n) is 7.05. The molecule has 2 N–H and O–H groups in total. The lowest BCUT2D eigenvalue weighted by Gasteiger charge is -2.51. The average Bonchev–Trinajstić information content (AvgIpc) is 3.02. The van der Waals surface area contributed by atoms with Crippen LogP contribution in [-0.2, 0) is 9.53 Å². The molecule has 3 fully saturated rings. The highest BCUT2D eigenvalue weighted by molar-refractivity contribution is 5.83. The number of ether oxygens (including phenoxy) is 1. The van der Waals surface area contributed by atoms with Crippen molar-refractivity contribution in [3.05, 3.63) is 0 Å². The van der Waals surface area contributed by atoms with Gasteiger partial charge in [-0.1, -0.05) is 13.3 Å². The number of Topliss-reactive ketones (excluding diaryl/α,β-unsaturated/α-hetero) is 1. The van der Waals surface area contributed by atoms with Gasteiger partial charge in [0.2, 0.25) is 0 Å². The Morgan fingerprint density at radius 3 is 2.74 bits per heavy atom. The summed E-state index contributed by atoms with van der Waals surface area (Å²) in [6.45, 7) is 2.83. The molecule has 0 amide bonds. The van der Waals surface area contributed by atoms with Crippen LogP contribution in [-0.4, -0.2) is 42.4 Å². The van der Waals surface area contributed by atoms with Gasteiger partial charge >= 0.3 is 0 Å². The van der Waals surface area contributed by atoms with E-state index in [4.69, 9.17) is 4.74 Å². The van der Waals surface area contributed by atoms with E-state index in [0.29, 0.717) is 11.8 Å². The van der Waals surface area contributed by atoms with Crippen LogP contribution >= 0.6 is 0 Å². The second kappa shape index (κ2) is 9.37. The SMILES string of the molecule is COCCCC[C@@H](O)C[C@@H]1CC[C@@H]2[C@H](CC[C@]3(C)[C@@H](C(=O)CO)CC[C@@H]23)C1. The monoisotopic (exact) mass is 380 g/mol. The summed E-state index contributed by atoms with van der Waals surface area (Å²) in [6, 6.07) is 0. The van der Waals surface area contributed by atoms with Crippen LogP contribution in [0, 0.1) is 35.0 Å². The van der Waals surface area contributed by atoms with Crippen LogP contribution in [0.2, 0.25) is 0 Å². The number of carbonyl (C=O) groups is 1. The highest BCUT2D eigenvalue weighted by atomic mass is 16.5.